The van der Waals surface area contributed by atoms with Gasteiger partial charge in [0, 0.05) is 0 Å². The van der Waals surface area contributed by atoms with E-state index >= 15 is 0 Å². The second-order valence-corrected chi connectivity index (χ2v) is 1.17. The van der Waals surface area contributed by atoms with E-state index in [1.54, 1.807) is 0 Å². The summed E-state index contributed by atoms with van der Waals surface area (Å²) in [5.74, 6) is 3.58. The third kappa shape index (κ3) is 1.72. The quantitative estimate of drug-likeness (QED) is 0.284. The molecule has 0 bridgehead atoms. The Morgan fingerprint density at radius 1 is 2.00 bits per heavy atom. The van der Waals surface area contributed by atoms with Gasteiger partial charge < -0.3 is 5.11 Å². The highest BCUT2D eigenvalue weighted by atomic mass is 16.4. The van der Waals surface area contributed by atoms with Gasteiger partial charge in [0.05, 0.1) is 0 Å². The maximum absolute atomic E-state index is 9.92. The first kappa shape index (κ1) is 7.13. The number of nitrogens with two attached hydrogens (primary N) is 1. The van der Waals surface area contributed by atoms with E-state index in [2.05, 4.69) is 17.8 Å². The minimum absolute atomic E-state index is 0.963. The van der Waals surface area contributed by atoms with Gasteiger partial charge in [-0.2, -0.15) is 0 Å². The van der Waals surface area contributed by atoms with Crippen LogP contribution in [0.4, 0.5) is 0 Å². The molecule has 0 spiro atoms. The van der Waals surface area contributed by atoms with Crippen molar-refractivity contribution in [1.82, 2.24) is 5.43 Å². The van der Waals surface area contributed by atoms with Gasteiger partial charge >= 0.3 is 5.97 Å². The summed E-state index contributed by atoms with van der Waals surface area (Å²) in [7, 11) is 0. The lowest BCUT2D eigenvalue weighted by molar-refractivity contribution is -0.138. The van der Waals surface area contributed by atoms with Gasteiger partial charge in [-0.1, -0.05) is 6.08 Å². The van der Waals surface area contributed by atoms with E-state index in [0.717, 1.165) is 6.08 Å². The molecule has 4 nitrogen and oxygen atoms in total. The van der Waals surface area contributed by atoms with Crippen molar-refractivity contribution in [1.29, 1.82) is 0 Å². The molecule has 0 aliphatic heterocycles. The highest BCUT2D eigenvalue weighted by molar-refractivity contribution is 5.75. The molecular formula is C4H7N2O2. The zero-order valence-electron chi connectivity index (χ0n) is 4.24. The van der Waals surface area contributed by atoms with Crippen molar-refractivity contribution in [2.24, 2.45) is 5.84 Å². The molecule has 0 fully saturated rings. The average Bonchev–Trinajstić information content (AvgIpc) is 1.69. The molecule has 1 unspecified atom stereocenters. The molecule has 0 saturated carbocycles. The van der Waals surface area contributed by atoms with Crippen LogP contribution in [0.2, 0.25) is 0 Å². The number of hydrogen-bond acceptors (Lipinski definition) is 2. The van der Waals surface area contributed by atoms with Crippen molar-refractivity contribution >= 4 is 5.97 Å². The van der Waals surface area contributed by atoms with E-state index in [-0.39, 0.29) is 0 Å². The van der Waals surface area contributed by atoms with Gasteiger partial charge in [0.15, 0.2) is 6.04 Å². The molecular weight excluding hydrogens is 108 g/mol. The van der Waals surface area contributed by atoms with Gasteiger partial charge in [0.1, 0.15) is 0 Å². The number of carboxylic acids is 1. The summed E-state index contributed by atoms with van der Waals surface area (Å²) in [4.78, 5) is 9.92. The van der Waals surface area contributed by atoms with E-state index < -0.39 is 12.0 Å². The minimum atomic E-state index is -1.08. The molecule has 0 amide bonds. The normalized spacial score (nSPS) is 12.6. The summed E-state index contributed by atoms with van der Waals surface area (Å²) in [6.07, 6.45) is 1.16. The highest BCUT2D eigenvalue weighted by Gasteiger charge is 2.09. The van der Waals surface area contributed by atoms with Crippen LogP contribution in [-0.4, -0.2) is 17.1 Å². The fourth-order valence-electron chi connectivity index (χ4n) is 0.225. The summed E-state index contributed by atoms with van der Waals surface area (Å²) in [5.41, 5.74) is 2.99. The summed E-state index contributed by atoms with van der Waals surface area (Å²) in [6.45, 7) is 3.20. The van der Waals surface area contributed by atoms with Crippen LogP contribution < -0.4 is 11.3 Å². The first-order chi connectivity index (χ1) is 3.72. The van der Waals surface area contributed by atoms with Crippen LogP contribution >= 0.6 is 0 Å². The van der Waals surface area contributed by atoms with Gasteiger partial charge in [-0.15, -0.1) is 12.0 Å². The summed E-state index contributed by atoms with van der Waals surface area (Å²) < 4.78 is 0. The van der Waals surface area contributed by atoms with E-state index in [0.29, 0.717) is 0 Å². The number of carbonyl (C=O) groups is 1. The summed E-state index contributed by atoms with van der Waals surface area (Å²) in [5, 5.41) is 8.13. The molecule has 8 heavy (non-hydrogen) atoms. The number of carboxylic acid groups (broad SMARTS) is 1. The van der Waals surface area contributed by atoms with Crippen LogP contribution in [0.5, 0.6) is 0 Å². The van der Waals surface area contributed by atoms with Gasteiger partial charge in [-0.25, -0.2) is 0 Å². The molecule has 45 valence electrons. The highest BCUT2D eigenvalue weighted by Crippen LogP contribution is 1.80. The fraction of sp³-hybridized carbons (Fsp3) is 0.250. The Labute approximate surface area is 47.0 Å². The Kier molecular flexibility index (Phi) is 2.83. The smallest absolute Gasteiger partial charge is 0.327 e. The Morgan fingerprint density at radius 3 is 2.50 bits per heavy atom. The third-order valence-corrected chi connectivity index (χ3v) is 0.637. The third-order valence-electron chi connectivity index (χ3n) is 0.637. The molecule has 1 atom stereocenters. The van der Waals surface area contributed by atoms with Crippen molar-refractivity contribution in [3.8, 4) is 0 Å². The lowest BCUT2D eigenvalue weighted by atomic mass is 10.3. The van der Waals surface area contributed by atoms with E-state index in [4.69, 9.17) is 5.11 Å². The van der Waals surface area contributed by atoms with Crippen LogP contribution in [-0.2, 0) is 4.79 Å². The largest absolute Gasteiger partial charge is 0.480 e. The van der Waals surface area contributed by atoms with Crippen LogP contribution in [0.3, 0.4) is 0 Å². The predicted molar refractivity (Wildman–Crippen MR) is 27.9 cm³/mol. The molecule has 0 rings (SSSR count). The number of rotatable bonds is 3. The lowest BCUT2D eigenvalue weighted by Crippen LogP contribution is -2.32. The van der Waals surface area contributed by atoms with Gasteiger partial charge in [-0.05, 0) is 0 Å². The van der Waals surface area contributed by atoms with Crippen molar-refractivity contribution < 1.29 is 9.90 Å². The molecule has 0 aromatic heterocycles. The Bertz CT molecular complexity index is 102. The monoisotopic (exact) mass is 115 g/mol. The van der Waals surface area contributed by atoms with E-state index in [1.165, 1.54) is 0 Å². The minimum Gasteiger partial charge on any atom is -0.480 e. The second-order valence-electron chi connectivity index (χ2n) is 1.17. The first-order valence-electron chi connectivity index (χ1n) is 1.97. The van der Waals surface area contributed by atoms with Crippen LogP contribution in [0.25, 0.3) is 0 Å². The molecule has 1 radical (unpaired) electrons. The van der Waals surface area contributed by atoms with Crippen molar-refractivity contribution in [3.05, 3.63) is 12.7 Å². The molecule has 0 aromatic rings. The van der Waals surface area contributed by atoms with Crippen LogP contribution in [0, 0.1) is 0 Å². The molecule has 0 heterocycles. The summed E-state index contributed by atoms with van der Waals surface area (Å²) >= 11 is 0. The van der Waals surface area contributed by atoms with Crippen LogP contribution in [0.1, 0.15) is 0 Å². The van der Waals surface area contributed by atoms with Crippen molar-refractivity contribution in [3.63, 3.8) is 0 Å². The van der Waals surface area contributed by atoms with Gasteiger partial charge in [0.2, 0.25) is 0 Å². The Hall–Kier alpha value is -0.870. The Balaban J connectivity index is 3.69. The zero-order valence-corrected chi connectivity index (χ0v) is 4.24. The standard InChI is InChI=1S/C4H7N2O2/c1-2-3(6-5)4(7)8/h2-3H,1,5H2,(H,7,8). The fourth-order valence-corrected chi connectivity index (χ4v) is 0.225. The van der Waals surface area contributed by atoms with Gasteiger partial charge in [0.25, 0.3) is 0 Å². The molecule has 0 aromatic carbocycles. The second kappa shape index (κ2) is 3.17. The molecule has 4 heteroatoms. The first-order valence-corrected chi connectivity index (χ1v) is 1.97. The predicted octanol–water partition coefficient (Wildman–Crippen LogP) is -0.896. The molecule has 3 N–H and O–H groups in total. The Morgan fingerprint density at radius 2 is 2.50 bits per heavy atom. The van der Waals surface area contributed by atoms with Crippen LogP contribution in [0.15, 0.2) is 12.7 Å². The average molecular weight is 115 g/mol. The molecule has 0 aliphatic carbocycles. The maximum atomic E-state index is 9.92. The SMILES string of the molecule is C=CC([N]N)C(=O)O. The lowest BCUT2D eigenvalue weighted by Gasteiger charge is -1.98. The number of nitrogens with zero attached hydrogens (tertiary/aromatic N) is 1. The number of aliphatic carboxylic acids is 1. The van der Waals surface area contributed by atoms with Gasteiger partial charge in [-0.3, -0.25) is 10.6 Å². The number of hydrogen-bond donors (Lipinski definition) is 2. The van der Waals surface area contributed by atoms with Crippen molar-refractivity contribution in [2.45, 2.75) is 6.04 Å². The summed E-state index contributed by atoms with van der Waals surface area (Å²) in [6, 6.07) is -0.963. The van der Waals surface area contributed by atoms with Crippen molar-refractivity contribution in [2.75, 3.05) is 0 Å². The molecule has 0 aliphatic rings. The topological polar surface area (TPSA) is 77.4 Å². The van der Waals surface area contributed by atoms with E-state index in [9.17, 15) is 4.79 Å². The molecule has 0 saturated heterocycles. The maximum Gasteiger partial charge on any atom is 0.327 e. The zero-order chi connectivity index (χ0) is 6.57. The van der Waals surface area contributed by atoms with E-state index in [1.807, 2.05) is 0 Å².